The summed E-state index contributed by atoms with van der Waals surface area (Å²) in [6.07, 6.45) is 5.25. The zero-order valence-corrected chi connectivity index (χ0v) is 19.1. The van der Waals surface area contributed by atoms with Crippen LogP contribution in [0.15, 0.2) is 54.6 Å². The van der Waals surface area contributed by atoms with Gasteiger partial charge < -0.3 is 10.1 Å². The van der Waals surface area contributed by atoms with Gasteiger partial charge in [0, 0.05) is 21.6 Å². The molecule has 3 aromatic rings. The van der Waals surface area contributed by atoms with Crippen LogP contribution in [0, 0.1) is 29.8 Å². The predicted molar refractivity (Wildman–Crippen MR) is 128 cm³/mol. The van der Waals surface area contributed by atoms with Gasteiger partial charge in [0.05, 0.1) is 0 Å². The van der Waals surface area contributed by atoms with Gasteiger partial charge in [-0.2, -0.15) is 0 Å². The second kappa shape index (κ2) is 8.53. The van der Waals surface area contributed by atoms with E-state index in [0.717, 1.165) is 25.8 Å². The Balaban J connectivity index is 1.44. The first-order valence-corrected chi connectivity index (χ1v) is 10.9. The quantitative estimate of drug-likeness (QED) is 0.351. The van der Waals surface area contributed by atoms with Crippen LogP contribution in [0.2, 0.25) is 0 Å². The molecule has 3 nitrogen and oxygen atoms in total. The highest BCUT2D eigenvalue weighted by atomic mass is 127. The molecule has 0 heterocycles. The first-order valence-electron chi connectivity index (χ1n) is 9.85. The molecule has 1 amide bonds. The molecule has 1 aliphatic rings. The third-order valence-electron chi connectivity index (χ3n) is 5.80. The van der Waals surface area contributed by atoms with E-state index in [-0.39, 0.29) is 5.92 Å². The van der Waals surface area contributed by atoms with Gasteiger partial charge in [-0.05, 0) is 81.4 Å². The number of fused-ring (bicyclic) bond motifs is 3. The summed E-state index contributed by atoms with van der Waals surface area (Å²) in [4.78, 5) is 12.4. The van der Waals surface area contributed by atoms with Gasteiger partial charge in [0.25, 0.3) is 0 Å². The molecular weight excluding hydrogens is 485 g/mol. The van der Waals surface area contributed by atoms with E-state index in [9.17, 15) is 4.79 Å². The molecule has 0 saturated heterocycles. The Bertz CT molecular complexity index is 1130. The monoisotopic (exact) mass is 507 g/mol. The average molecular weight is 507 g/mol. The van der Waals surface area contributed by atoms with Gasteiger partial charge in [-0.3, -0.25) is 0 Å². The number of hydrogen-bond donors (Lipinski definition) is 1. The van der Waals surface area contributed by atoms with Crippen molar-refractivity contribution in [3.8, 4) is 23.5 Å². The van der Waals surface area contributed by atoms with Crippen LogP contribution in [0.25, 0.3) is 11.1 Å². The van der Waals surface area contributed by atoms with Gasteiger partial charge in [-0.1, -0.05) is 54.5 Å². The topological polar surface area (TPSA) is 38.3 Å². The lowest BCUT2D eigenvalue weighted by Crippen LogP contribution is -2.26. The van der Waals surface area contributed by atoms with Crippen LogP contribution >= 0.6 is 22.6 Å². The van der Waals surface area contributed by atoms with E-state index in [4.69, 9.17) is 11.2 Å². The number of ether oxygens (including phenoxy) is 1. The molecule has 1 N–H and O–H groups in total. The molecule has 1 aliphatic carbocycles. The molecule has 3 aromatic carbocycles. The highest BCUT2D eigenvalue weighted by Crippen LogP contribution is 2.44. The summed E-state index contributed by atoms with van der Waals surface area (Å²) >= 11 is 2.28. The number of rotatable bonds is 4. The summed E-state index contributed by atoms with van der Waals surface area (Å²) in [5.41, 5.74) is 8.86. The molecular formula is C26H22INO2. The Kier molecular flexibility index (Phi) is 5.83. The lowest BCUT2D eigenvalue weighted by Gasteiger charge is -2.16. The Morgan fingerprint density at radius 3 is 2.27 bits per heavy atom. The fourth-order valence-corrected chi connectivity index (χ4v) is 4.79. The number of alkyl carbamates (subject to hydrolysis) is 1. The first kappa shape index (κ1) is 20.5. The van der Waals surface area contributed by atoms with Gasteiger partial charge in [-0.25, -0.2) is 4.79 Å². The Hall–Kier alpha value is -2.78. The van der Waals surface area contributed by atoms with Crippen LogP contribution in [-0.4, -0.2) is 12.7 Å². The van der Waals surface area contributed by atoms with E-state index < -0.39 is 6.09 Å². The summed E-state index contributed by atoms with van der Waals surface area (Å²) < 4.78 is 6.71. The Morgan fingerprint density at radius 1 is 1.07 bits per heavy atom. The molecule has 0 saturated carbocycles. The maximum absolute atomic E-state index is 12.4. The standard InChI is InChI=1S/C26H22INO2/c1-4-19-16(2)18(13-25(27)17(19)3)14-28-26(29)30-15-24-22-11-7-5-9-20(22)21-10-6-8-12-23(21)24/h1,5-13,24H,14-15H2,2-3H3,(H,28,29). The average Bonchev–Trinajstić information content (AvgIpc) is 3.08. The lowest BCUT2D eigenvalue weighted by molar-refractivity contribution is 0.142. The van der Waals surface area contributed by atoms with Crippen molar-refractivity contribution in [3.63, 3.8) is 0 Å². The Morgan fingerprint density at radius 2 is 1.67 bits per heavy atom. The van der Waals surface area contributed by atoms with Gasteiger partial charge in [0.2, 0.25) is 0 Å². The van der Waals surface area contributed by atoms with Gasteiger partial charge in [-0.15, -0.1) is 6.42 Å². The van der Waals surface area contributed by atoms with Crippen molar-refractivity contribution in [2.75, 3.05) is 6.61 Å². The first-order chi connectivity index (χ1) is 14.5. The third-order valence-corrected chi connectivity index (χ3v) is 6.92. The van der Waals surface area contributed by atoms with Gasteiger partial charge in [0.15, 0.2) is 0 Å². The maximum Gasteiger partial charge on any atom is 0.407 e. The zero-order valence-electron chi connectivity index (χ0n) is 17.0. The zero-order chi connectivity index (χ0) is 21.3. The van der Waals surface area contributed by atoms with Crippen molar-refractivity contribution < 1.29 is 9.53 Å². The van der Waals surface area contributed by atoms with E-state index in [1.54, 1.807) is 0 Å². The van der Waals surface area contributed by atoms with E-state index in [2.05, 4.69) is 64.2 Å². The normalized spacial score (nSPS) is 12.1. The van der Waals surface area contributed by atoms with Gasteiger partial charge in [0.1, 0.15) is 6.61 Å². The number of amides is 1. The molecule has 0 radical (unpaired) electrons. The molecule has 0 aromatic heterocycles. The fourth-order valence-electron chi connectivity index (χ4n) is 4.15. The van der Waals surface area contributed by atoms with Crippen LogP contribution in [0.5, 0.6) is 0 Å². The van der Waals surface area contributed by atoms with Crippen LogP contribution in [0.4, 0.5) is 4.79 Å². The second-order valence-corrected chi connectivity index (χ2v) is 8.63. The van der Waals surface area contributed by atoms with Gasteiger partial charge >= 0.3 is 6.09 Å². The summed E-state index contributed by atoms with van der Waals surface area (Å²) in [5, 5.41) is 2.88. The third kappa shape index (κ3) is 3.70. The van der Waals surface area contributed by atoms with E-state index >= 15 is 0 Å². The van der Waals surface area contributed by atoms with E-state index in [1.165, 1.54) is 22.3 Å². The largest absolute Gasteiger partial charge is 0.449 e. The fraction of sp³-hybridized carbons (Fsp3) is 0.192. The molecule has 30 heavy (non-hydrogen) atoms. The number of carbonyl (C=O) groups excluding carboxylic acids is 1. The summed E-state index contributed by atoms with van der Waals surface area (Å²) in [7, 11) is 0. The van der Waals surface area contributed by atoms with Crippen molar-refractivity contribution in [1.29, 1.82) is 0 Å². The summed E-state index contributed by atoms with van der Waals surface area (Å²) in [6, 6.07) is 18.7. The summed E-state index contributed by atoms with van der Waals surface area (Å²) in [5.74, 6) is 2.82. The number of terminal acetylenes is 1. The SMILES string of the molecule is C#Cc1c(C)c(I)cc(CNC(=O)OCC2c3ccccc3-c3ccccc32)c1C. The van der Waals surface area contributed by atoms with E-state index in [0.29, 0.717) is 13.2 Å². The minimum absolute atomic E-state index is 0.0539. The second-order valence-electron chi connectivity index (χ2n) is 7.47. The van der Waals surface area contributed by atoms with Crippen molar-refractivity contribution in [2.45, 2.75) is 26.3 Å². The van der Waals surface area contributed by atoms with Crippen molar-refractivity contribution >= 4 is 28.7 Å². The number of carbonyl (C=O) groups is 1. The molecule has 0 spiro atoms. The molecule has 0 bridgehead atoms. The van der Waals surface area contributed by atoms with Crippen molar-refractivity contribution in [1.82, 2.24) is 5.32 Å². The number of halogens is 1. The van der Waals surface area contributed by atoms with Crippen LogP contribution < -0.4 is 5.32 Å². The van der Waals surface area contributed by atoms with Crippen LogP contribution in [0.3, 0.4) is 0 Å². The molecule has 0 unspecified atom stereocenters. The maximum atomic E-state index is 12.4. The smallest absolute Gasteiger partial charge is 0.407 e. The molecule has 0 atom stereocenters. The minimum Gasteiger partial charge on any atom is -0.449 e. The number of benzene rings is 3. The summed E-state index contributed by atoms with van der Waals surface area (Å²) in [6.45, 7) is 4.70. The van der Waals surface area contributed by atoms with Crippen molar-refractivity contribution in [3.05, 3.63) is 91.5 Å². The predicted octanol–water partition coefficient (Wildman–Crippen LogP) is 5.93. The van der Waals surface area contributed by atoms with E-state index in [1.807, 2.05) is 38.1 Å². The minimum atomic E-state index is -0.422. The highest BCUT2D eigenvalue weighted by Gasteiger charge is 2.29. The molecule has 0 aliphatic heterocycles. The lowest BCUT2D eigenvalue weighted by atomic mass is 9.98. The molecule has 0 fully saturated rings. The molecule has 150 valence electrons. The number of hydrogen-bond acceptors (Lipinski definition) is 2. The highest BCUT2D eigenvalue weighted by molar-refractivity contribution is 14.1. The number of nitrogens with one attached hydrogen (secondary N) is 1. The van der Waals surface area contributed by atoms with Crippen molar-refractivity contribution in [2.24, 2.45) is 0 Å². The van der Waals surface area contributed by atoms with Crippen LogP contribution in [0.1, 0.15) is 39.3 Å². The Labute approximate surface area is 191 Å². The molecule has 4 rings (SSSR count). The molecule has 4 heteroatoms. The van der Waals surface area contributed by atoms with Crippen LogP contribution in [-0.2, 0) is 11.3 Å².